The second kappa shape index (κ2) is 11.0. The highest BCUT2D eigenvalue weighted by atomic mass is 32.2. The Balaban J connectivity index is 1.38. The number of likely N-dealkylation sites (tertiary alicyclic amines) is 1. The van der Waals surface area contributed by atoms with Crippen molar-refractivity contribution in [3.63, 3.8) is 0 Å². The molecule has 8 heteroatoms. The molecule has 3 aromatic rings. The van der Waals surface area contributed by atoms with Gasteiger partial charge in [-0.3, -0.25) is 14.4 Å². The molecule has 1 saturated heterocycles. The van der Waals surface area contributed by atoms with Crippen LogP contribution in [-0.2, 0) is 16.6 Å². The number of sulfonamides is 1. The van der Waals surface area contributed by atoms with Crippen LogP contribution in [0.4, 0.5) is 10.1 Å². The summed E-state index contributed by atoms with van der Waals surface area (Å²) in [6, 6.07) is 19.9. The summed E-state index contributed by atoms with van der Waals surface area (Å²) < 4.78 is 41.2. The molecule has 6 nitrogen and oxygen atoms in total. The number of hydrogen-bond acceptors (Lipinski definition) is 4. The molecule has 0 radical (unpaired) electrons. The Kier molecular flexibility index (Phi) is 7.83. The topological polar surface area (TPSA) is 78.5 Å². The Morgan fingerprint density at radius 2 is 1.80 bits per heavy atom. The van der Waals surface area contributed by atoms with Crippen molar-refractivity contribution in [3.05, 3.63) is 95.3 Å². The summed E-state index contributed by atoms with van der Waals surface area (Å²) in [5, 5.41) is 3.01. The number of amides is 1. The SMILES string of the molecule is Cc1ccc(S(=O)(=O)Nc2ccc(F)cc2)cc1C(=O)NCC1CCCN(Cc2ccccc2)C1. The summed E-state index contributed by atoms with van der Waals surface area (Å²) in [5.41, 5.74) is 2.54. The van der Waals surface area contributed by atoms with Gasteiger partial charge in [-0.1, -0.05) is 36.4 Å². The van der Waals surface area contributed by atoms with Crippen molar-refractivity contribution in [2.45, 2.75) is 31.2 Å². The largest absolute Gasteiger partial charge is 0.352 e. The number of rotatable bonds is 8. The molecule has 0 aromatic heterocycles. The van der Waals surface area contributed by atoms with Gasteiger partial charge in [0.1, 0.15) is 5.82 Å². The molecule has 1 heterocycles. The lowest BCUT2D eigenvalue weighted by molar-refractivity contribution is 0.0929. The molecule has 1 unspecified atom stereocenters. The van der Waals surface area contributed by atoms with Crippen molar-refractivity contribution in [1.29, 1.82) is 0 Å². The molecular weight excluding hydrogens is 465 g/mol. The molecule has 0 aliphatic carbocycles. The minimum Gasteiger partial charge on any atom is -0.352 e. The van der Waals surface area contributed by atoms with E-state index in [4.69, 9.17) is 0 Å². The van der Waals surface area contributed by atoms with Crippen LogP contribution in [0.5, 0.6) is 0 Å². The fourth-order valence-corrected chi connectivity index (χ4v) is 5.46. The maximum absolute atomic E-state index is 13.1. The van der Waals surface area contributed by atoms with E-state index in [9.17, 15) is 17.6 Å². The zero-order valence-electron chi connectivity index (χ0n) is 19.7. The zero-order chi connectivity index (χ0) is 24.8. The first kappa shape index (κ1) is 24.9. The fourth-order valence-electron chi connectivity index (χ4n) is 4.38. The maximum Gasteiger partial charge on any atom is 0.261 e. The van der Waals surface area contributed by atoms with Crippen LogP contribution in [0, 0.1) is 18.7 Å². The van der Waals surface area contributed by atoms with Crippen LogP contribution in [0.25, 0.3) is 0 Å². The van der Waals surface area contributed by atoms with Gasteiger partial charge in [0.15, 0.2) is 0 Å². The van der Waals surface area contributed by atoms with E-state index in [1.54, 1.807) is 13.0 Å². The first-order chi connectivity index (χ1) is 16.8. The molecule has 1 fully saturated rings. The smallest absolute Gasteiger partial charge is 0.261 e. The third kappa shape index (κ3) is 6.68. The number of carbonyl (C=O) groups is 1. The summed E-state index contributed by atoms with van der Waals surface area (Å²) in [6.07, 6.45) is 2.12. The summed E-state index contributed by atoms with van der Waals surface area (Å²) >= 11 is 0. The minimum atomic E-state index is -3.93. The predicted molar refractivity (Wildman–Crippen MR) is 135 cm³/mol. The summed E-state index contributed by atoms with van der Waals surface area (Å²) in [6.45, 7) is 5.16. The highest BCUT2D eigenvalue weighted by molar-refractivity contribution is 7.92. The Hall–Kier alpha value is -3.23. The summed E-state index contributed by atoms with van der Waals surface area (Å²) in [7, 11) is -3.93. The van der Waals surface area contributed by atoms with Crippen LogP contribution < -0.4 is 10.0 Å². The van der Waals surface area contributed by atoms with Crippen LogP contribution in [-0.4, -0.2) is 38.9 Å². The van der Waals surface area contributed by atoms with Gasteiger partial charge in [-0.15, -0.1) is 0 Å². The molecule has 0 saturated carbocycles. The van der Waals surface area contributed by atoms with E-state index in [1.165, 1.54) is 42.0 Å². The minimum absolute atomic E-state index is 0.0238. The number of nitrogens with zero attached hydrogens (tertiary/aromatic N) is 1. The van der Waals surface area contributed by atoms with Crippen molar-refractivity contribution < 1.29 is 17.6 Å². The van der Waals surface area contributed by atoms with E-state index in [0.29, 0.717) is 23.6 Å². The van der Waals surface area contributed by atoms with Gasteiger partial charge in [0.05, 0.1) is 4.90 Å². The number of carbonyl (C=O) groups excluding carboxylic acids is 1. The second-order valence-electron chi connectivity index (χ2n) is 9.03. The van der Waals surface area contributed by atoms with Crippen LogP contribution in [0.15, 0.2) is 77.7 Å². The van der Waals surface area contributed by atoms with E-state index < -0.39 is 15.8 Å². The number of piperidine rings is 1. The summed E-state index contributed by atoms with van der Waals surface area (Å²) in [5.74, 6) is -0.409. The van der Waals surface area contributed by atoms with Crippen molar-refractivity contribution in [2.75, 3.05) is 24.4 Å². The number of nitrogens with one attached hydrogen (secondary N) is 2. The van der Waals surface area contributed by atoms with Gasteiger partial charge in [-0.25, -0.2) is 12.8 Å². The van der Waals surface area contributed by atoms with Crippen molar-refractivity contribution in [3.8, 4) is 0 Å². The average molecular weight is 496 g/mol. The molecule has 0 spiro atoms. The van der Waals surface area contributed by atoms with Crippen LogP contribution in [0.1, 0.15) is 34.3 Å². The van der Waals surface area contributed by atoms with Gasteiger partial charge in [0, 0.05) is 30.9 Å². The van der Waals surface area contributed by atoms with E-state index in [0.717, 1.165) is 32.5 Å². The van der Waals surface area contributed by atoms with Crippen LogP contribution >= 0.6 is 0 Å². The number of hydrogen-bond donors (Lipinski definition) is 2. The number of aryl methyl sites for hydroxylation is 1. The number of anilines is 1. The summed E-state index contributed by atoms with van der Waals surface area (Å²) in [4.78, 5) is 15.4. The van der Waals surface area contributed by atoms with Crippen molar-refractivity contribution in [2.24, 2.45) is 5.92 Å². The molecule has 2 N–H and O–H groups in total. The van der Waals surface area contributed by atoms with Crippen molar-refractivity contribution in [1.82, 2.24) is 10.2 Å². The molecule has 35 heavy (non-hydrogen) atoms. The first-order valence-electron chi connectivity index (χ1n) is 11.7. The van der Waals surface area contributed by atoms with Gasteiger partial charge < -0.3 is 5.32 Å². The van der Waals surface area contributed by atoms with E-state index >= 15 is 0 Å². The van der Waals surface area contributed by atoms with Crippen LogP contribution in [0.3, 0.4) is 0 Å². The Bertz CT molecular complexity index is 1260. The molecule has 1 amide bonds. The van der Waals surface area contributed by atoms with E-state index in [1.807, 2.05) is 18.2 Å². The second-order valence-corrected chi connectivity index (χ2v) is 10.7. The predicted octanol–water partition coefficient (Wildman–Crippen LogP) is 4.58. The van der Waals surface area contributed by atoms with Gasteiger partial charge in [0.2, 0.25) is 0 Å². The molecular formula is C27H30FN3O3S. The first-order valence-corrected chi connectivity index (χ1v) is 13.2. The molecule has 1 aliphatic rings. The molecule has 4 rings (SSSR count). The average Bonchev–Trinajstić information content (AvgIpc) is 2.85. The molecule has 0 bridgehead atoms. The lowest BCUT2D eigenvalue weighted by Gasteiger charge is -2.32. The number of halogens is 1. The van der Waals surface area contributed by atoms with Crippen molar-refractivity contribution >= 4 is 21.6 Å². The Labute approximate surface area is 206 Å². The number of benzene rings is 3. The highest BCUT2D eigenvalue weighted by Crippen LogP contribution is 2.21. The van der Waals surface area contributed by atoms with Gasteiger partial charge in [-0.05, 0) is 79.8 Å². The van der Waals surface area contributed by atoms with E-state index in [-0.39, 0.29) is 16.5 Å². The fraction of sp³-hybridized carbons (Fsp3) is 0.296. The normalized spacial score (nSPS) is 16.6. The van der Waals surface area contributed by atoms with Gasteiger partial charge >= 0.3 is 0 Å². The molecule has 1 aliphatic heterocycles. The van der Waals surface area contributed by atoms with E-state index in [2.05, 4.69) is 27.1 Å². The van der Waals surface area contributed by atoms with Crippen LogP contribution in [0.2, 0.25) is 0 Å². The third-order valence-electron chi connectivity index (χ3n) is 6.26. The standard InChI is InChI=1S/C27H30FN3O3S/c1-20-9-14-25(35(33,34)30-24-12-10-23(28)11-13-24)16-26(20)27(32)29-17-22-8-5-15-31(19-22)18-21-6-3-2-4-7-21/h2-4,6-7,9-14,16,22,30H,5,8,15,17-19H2,1H3,(H,29,32). The molecule has 3 aromatic carbocycles. The third-order valence-corrected chi connectivity index (χ3v) is 7.64. The zero-order valence-corrected chi connectivity index (χ0v) is 20.5. The lowest BCUT2D eigenvalue weighted by Crippen LogP contribution is -2.40. The maximum atomic E-state index is 13.1. The monoisotopic (exact) mass is 495 g/mol. The quantitative estimate of drug-likeness (QED) is 0.480. The Morgan fingerprint density at radius 1 is 1.06 bits per heavy atom. The lowest BCUT2D eigenvalue weighted by atomic mass is 9.97. The van der Waals surface area contributed by atoms with Gasteiger partial charge in [0.25, 0.3) is 15.9 Å². The molecule has 1 atom stereocenters. The van der Waals surface area contributed by atoms with Gasteiger partial charge in [-0.2, -0.15) is 0 Å². The Morgan fingerprint density at radius 3 is 2.54 bits per heavy atom. The highest BCUT2D eigenvalue weighted by Gasteiger charge is 2.22. The molecule has 184 valence electrons.